The molecule has 5 rings (SSSR count). The second-order valence-corrected chi connectivity index (χ2v) is 11.8. The van der Waals surface area contributed by atoms with Gasteiger partial charge >= 0.3 is 12.1 Å². The quantitative estimate of drug-likeness (QED) is 0.316. The molecule has 1 aromatic carbocycles. The fourth-order valence-electron chi connectivity index (χ4n) is 7.15. The maximum atomic E-state index is 12.6. The second-order valence-electron chi connectivity index (χ2n) is 11.8. The zero-order chi connectivity index (χ0) is 27.2. The van der Waals surface area contributed by atoms with Gasteiger partial charge in [-0.05, 0) is 74.0 Å². The smallest absolute Gasteiger partial charge is 0.407 e. The number of benzene rings is 1. The van der Waals surface area contributed by atoms with E-state index in [1.165, 1.54) is 25.7 Å². The van der Waals surface area contributed by atoms with Crippen LogP contribution in [0.5, 0.6) is 5.75 Å². The van der Waals surface area contributed by atoms with Gasteiger partial charge in [-0.1, -0.05) is 25.0 Å². The van der Waals surface area contributed by atoms with E-state index >= 15 is 0 Å². The number of amides is 2. The lowest BCUT2D eigenvalue weighted by molar-refractivity contribution is -0.139. The van der Waals surface area contributed by atoms with E-state index in [2.05, 4.69) is 20.9 Å². The van der Waals surface area contributed by atoms with E-state index in [0.717, 1.165) is 49.1 Å². The van der Waals surface area contributed by atoms with Crippen molar-refractivity contribution < 1.29 is 29.0 Å². The molecule has 10 heteroatoms. The standard InChI is InChI=1S/C29H40N4O6/c34-25(33-27-30-10-11-31-27)4-2-12-38-23-7-5-19(6-8-23)15-24(26(35)36)32-28(37)39-18-29-9-1-3-21-13-20(16-29)14-22(21)17-29/h5-8,20-22,24H,1-4,9-18H2,(H,32,37)(H,35,36)(H2,30,31,33,34)/t20?,21?,22?,24-,29?/m0/s1. The maximum absolute atomic E-state index is 12.6. The van der Waals surface area contributed by atoms with Crippen molar-refractivity contribution in [3.63, 3.8) is 0 Å². The molecule has 4 N–H and O–H groups in total. The predicted molar refractivity (Wildman–Crippen MR) is 144 cm³/mol. The van der Waals surface area contributed by atoms with Gasteiger partial charge in [-0.15, -0.1) is 0 Å². The van der Waals surface area contributed by atoms with Crippen molar-refractivity contribution in [1.29, 1.82) is 0 Å². The Morgan fingerprint density at radius 1 is 1.15 bits per heavy atom. The number of aliphatic imine (C=N–C) groups is 1. The van der Waals surface area contributed by atoms with Crippen LogP contribution in [0.1, 0.15) is 63.4 Å². The van der Waals surface area contributed by atoms with Crippen LogP contribution in [0.15, 0.2) is 29.3 Å². The summed E-state index contributed by atoms with van der Waals surface area (Å²) < 4.78 is 11.4. The number of alkyl carbamates (subject to hydrolysis) is 1. The molecule has 3 saturated carbocycles. The molecule has 0 radical (unpaired) electrons. The van der Waals surface area contributed by atoms with E-state index in [9.17, 15) is 19.5 Å². The SMILES string of the molecule is O=C(CCCOc1ccc(C[C@H](NC(=O)OCC23CCCC4CC(CC4C2)C3)C(=O)O)cc1)NC1=NCCN1. The molecule has 1 aromatic rings. The number of carboxylic acid groups (broad SMARTS) is 1. The largest absolute Gasteiger partial charge is 0.494 e. The third-order valence-corrected chi connectivity index (χ3v) is 8.85. The molecule has 10 nitrogen and oxygen atoms in total. The van der Waals surface area contributed by atoms with E-state index in [-0.39, 0.29) is 17.7 Å². The first-order valence-corrected chi connectivity index (χ1v) is 14.3. The molecule has 1 aliphatic heterocycles. The van der Waals surface area contributed by atoms with E-state index in [1.54, 1.807) is 24.3 Å². The van der Waals surface area contributed by atoms with E-state index < -0.39 is 18.1 Å². The maximum Gasteiger partial charge on any atom is 0.407 e. The van der Waals surface area contributed by atoms with E-state index in [1.807, 2.05) is 0 Å². The summed E-state index contributed by atoms with van der Waals surface area (Å²) in [5, 5.41) is 18.0. The summed E-state index contributed by atoms with van der Waals surface area (Å²) in [7, 11) is 0. The Labute approximate surface area is 229 Å². The minimum Gasteiger partial charge on any atom is -0.494 e. The molecule has 39 heavy (non-hydrogen) atoms. The van der Waals surface area contributed by atoms with Crippen LogP contribution in [-0.2, 0) is 20.7 Å². The summed E-state index contributed by atoms with van der Waals surface area (Å²) in [6.07, 6.45) is 8.87. The van der Waals surface area contributed by atoms with Gasteiger partial charge in [0.15, 0.2) is 5.96 Å². The van der Waals surface area contributed by atoms with Crippen LogP contribution in [0.4, 0.5) is 4.79 Å². The molecule has 2 amide bonds. The van der Waals surface area contributed by atoms with Crippen LogP contribution < -0.4 is 20.7 Å². The average Bonchev–Trinajstić information content (AvgIpc) is 3.49. The van der Waals surface area contributed by atoms with Crippen molar-refractivity contribution in [3.05, 3.63) is 29.8 Å². The molecule has 0 aromatic heterocycles. The lowest BCUT2D eigenvalue weighted by Gasteiger charge is -2.39. The Kier molecular flexibility index (Phi) is 8.57. The predicted octanol–water partition coefficient (Wildman–Crippen LogP) is 3.25. The Morgan fingerprint density at radius 3 is 2.74 bits per heavy atom. The van der Waals surface area contributed by atoms with Crippen molar-refractivity contribution in [1.82, 2.24) is 16.0 Å². The number of nitrogens with one attached hydrogen (secondary N) is 3. The number of carbonyl (C=O) groups is 3. The summed E-state index contributed by atoms with van der Waals surface area (Å²) in [6, 6.07) is 6.01. The van der Waals surface area contributed by atoms with Gasteiger partial charge in [0.2, 0.25) is 5.91 Å². The fourth-order valence-corrected chi connectivity index (χ4v) is 7.15. The Balaban J connectivity index is 1.04. The first kappa shape index (κ1) is 27.3. The lowest BCUT2D eigenvalue weighted by atomic mass is 9.68. The third kappa shape index (κ3) is 7.22. The topological polar surface area (TPSA) is 138 Å². The average molecular weight is 541 g/mol. The Hall–Kier alpha value is -3.30. The highest BCUT2D eigenvalue weighted by Gasteiger charge is 2.50. The highest BCUT2D eigenvalue weighted by Crippen LogP contribution is 2.58. The molecule has 3 aliphatic carbocycles. The number of hydrogen-bond donors (Lipinski definition) is 4. The Bertz CT molecular complexity index is 1080. The molecular weight excluding hydrogens is 500 g/mol. The fraction of sp³-hybridized carbons (Fsp3) is 0.655. The number of carbonyl (C=O) groups excluding carboxylic acids is 2. The van der Waals surface area contributed by atoms with Gasteiger partial charge in [0.25, 0.3) is 0 Å². The van der Waals surface area contributed by atoms with Crippen LogP contribution >= 0.6 is 0 Å². The zero-order valence-electron chi connectivity index (χ0n) is 22.5. The molecule has 4 unspecified atom stereocenters. The minimum absolute atomic E-state index is 0.0659. The van der Waals surface area contributed by atoms with Crippen molar-refractivity contribution in [2.75, 3.05) is 26.3 Å². The minimum atomic E-state index is -1.10. The van der Waals surface area contributed by atoms with Crippen LogP contribution in [0.25, 0.3) is 0 Å². The number of fused-ring (bicyclic) bond motifs is 2. The van der Waals surface area contributed by atoms with Crippen molar-refractivity contribution in [3.8, 4) is 5.75 Å². The van der Waals surface area contributed by atoms with Crippen molar-refractivity contribution in [2.45, 2.75) is 70.3 Å². The van der Waals surface area contributed by atoms with E-state index in [4.69, 9.17) is 9.47 Å². The summed E-state index contributed by atoms with van der Waals surface area (Å²) >= 11 is 0. The number of aliphatic carboxylic acids is 1. The monoisotopic (exact) mass is 540 g/mol. The lowest BCUT2D eigenvalue weighted by Crippen LogP contribution is -2.44. The van der Waals surface area contributed by atoms with Crippen molar-refractivity contribution >= 4 is 23.9 Å². The summed E-state index contributed by atoms with van der Waals surface area (Å²) in [4.78, 5) is 40.5. The van der Waals surface area contributed by atoms with Gasteiger partial charge in [0.1, 0.15) is 11.8 Å². The van der Waals surface area contributed by atoms with Gasteiger partial charge in [-0.25, -0.2) is 9.59 Å². The normalized spacial score (nSPS) is 27.6. The second kappa shape index (κ2) is 12.3. The molecule has 1 heterocycles. The zero-order valence-corrected chi connectivity index (χ0v) is 22.5. The van der Waals surface area contributed by atoms with Gasteiger partial charge in [-0.3, -0.25) is 15.1 Å². The summed E-state index contributed by atoms with van der Waals surface area (Å²) in [5.74, 6) is 2.32. The van der Waals surface area contributed by atoms with Gasteiger partial charge < -0.3 is 25.2 Å². The number of carboxylic acids is 1. The molecule has 212 valence electrons. The molecule has 4 aliphatic rings. The number of guanidine groups is 1. The van der Waals surface area contributed by atoms with Gasteiger partial charge in [0.05, 0.1) is 19.8 Å². The van der Waals surface area contributed by atoms with Gasteiger partial charge in [-0.2, -0.15) is 0 Å². The summed E-state index contributed by atoms with van der Waals surface area (Å²) in [6.45, 7) is 2.17. The summed E-state index contributed by atoms with van der Waals surface area (Å²) in [5.41, 5.74) is 0.827. The van der Waals surface area contributed by atoms with Crippen molar-refractivity contribution in [2.24, 2.45) is 28.2 Å². The van der Waals surface area contributed by atoms with E-state index in [0.29, 0.717) is 44.3 Å². The Morgan fingerprint density at radius 2 is 1.97 bits per heavy atom. The van der Waals surface area contributed by atoms with Crippen LogP contribution in [0.2, 0.25) is 0 Å². The third-order valence-electron chi connectivity index (χ3n) is 8.85. The number of nitrogens with zero attached hydrogens (tertiary/aromatic N) is 1. The van der Waals surface area contributed by atoms with Crippen LogP contribution in [-0.4, -0.2) is 61.4 Å². The molecule has 0 saturated heterocycles. The molecule has 5 atom stereocenters. The van der Waals surface area contributed by atoms with Gasteiger partial charge in [0, 0.05) is 24.8 Å². The molecular formula is C29H40N4O6. The number of hydrogen-bond acceptors (Lipinski definition) is 7. The van der Waals surface area contributed by atoms with Crippen LogP contribution in [0.3, 0.4) is 0 Å². The molecule has 3 fully saturated rings. The first-order valence-electron chi connectivity index (χ1n) is 14.3. The molecule has 0 spiro atoms. The highest BCUT2D eigenvalue weighted by atomic mass is 16.5. The number of rotatable bonds is 11. The van der Waals surface area contributed by atoms with Crippen LogP contribution in [0, 0.1) is 23.2 Å². The molecule has 3 bridgehead atoms. The highest BCUT2D eigenvalue weighted by molar-refractivity contribution is 5.97. The number of ether oxygens (including phenoxy) is 2. The first-order chi connectivity index (χ1) is 18.9.